The van der Waals surface area contributed by atoms with Gasteiger partial charge in [-0.1, -0.05) is 84.9 Å². The number of hydrogen-bond donors (Lipinski definition) is 0. The third kappa shape index (κ3) is 3.95. The quantitative estimate of drug-likeness (QED) is 0.262. The number of hydrogen-bond acceptors (Lipinski definition) is 1. The largest absolute Gasteiger partial charge is 1.00 e. The fourth-order valence-electron chi connectivity index (χ4n) is 4.69. The molecule has 0 spiro atoms. The van der Waals surface area contributed by atoms with Gasteiger partial charge in [0, 0.05) is 5.39 Å². The summed E-state index contributed by atoms with van der Waals surface area (Å²) in [5.74, 6) is 0.0953. The molecular weight excluding hydrogens is 487 g/mol. The molecule has 3 heteroatoms. The first-order valence-electron chi connectivity index (χ1n) is 10.8. The van der Waals surface area contributed by atoms with E-state index >= 15 is 0 Å². The summed E-state index contributed by atoms with van der Waals surface area (Å²) in [4.78, 5) is 13.1. The first-order chi connectivity index (χ1) is 15.7. The second-order valence-electron chi connectivity index (χ2n) is 7.92. The summed E-state index contributed by atoms with van der Waals surface area (Å²) in [6.07, 6.45) is 0. The Kier molecular flexibility index (Phi) is 6.88. The fourth-order valence-corrected chi connectivity index (χ4v) is 9.38. The van der Waals surface area contributed by atoms with Crippen LogP contribution in [0.1, 0.15) is 17.3 Å². The Morgan fingerprint density at radius 2 is 0.970 bits per heavy atom. The van der Waals surface area contributed by atoms with Crippen LogP contribution in [0.2, 0.25) is 0 Å². The Labute approximate surface area is 206 Å². The molecule has 0 amide bonds. The van der Waals surface area contributed by atoms with Crippen molar-refractivity contribution >= 4 is 45.0 Å². The monoisotopic (exact) mass is 510 g/mol. The van der Waals surface area contributed by atoms with E-state index in [1.54, 1.807) is 6.92 Å². The molecule has 0 heterocycles. The van der Waals surface area contributed by atoms with Crippen molar-refractivity contribution in [2.24, 2.45) is 0 Å². The minimum Gasteiger partial charge on any atom is -1.00 e. The molecule has 0 aromatic heterocycles. The molecule has 33 heavy (non-hydrogen) atoms. The lowest BCUT2D eigenvalue weighted by molar-refractivity contribution is -0.0000141. The normalized spacial score (nSPS) is 11.1. The lowest BCUT2D eigenvalue weighted by Crippen LogP contribution is -3.00. The van der Waals surface area contributed by atoms with E-state index in [1.165, 1.54) is 15.9 Å². The van der Waals surface area contributed by atoms with E-state index in [0.717, 1.165) is 21.6 Å². The Bertz CT molecular complexity index is 1290. The van der Waals surface area contributed by atoms with Gasteiger partial charge in [-0.2, -0.15) is 0 Å². The van der Waals surface area contributed by atoms with Gasteiger partial charge in [0.15, 0.2) is 5.78 Å². The summed E-state index contributed by atoms with van der Waals surface area (Å²) in [6.45, 7) is 1.68. The van der Waals surface area contributed by atoms with Gasteiger partial charge < -0.3 is 17.0 Å². The molecule has 0 aliphatic heterocycles. The van der Waals surface area contributed by atoms with Crippen LogP contribution >= 0.6 is 7.26 Å². The van der Waals surface area contributed by atoms with E-state index < -0.39 is 7.26 Å². The SMILES string of the molecule is CC(=O)c1ccc2ccccc2c1[P+](c1ccccc1)(c1ccccc1)c1ccccc1.[Br-]. The Balaban J connectivity index is 0.00000259. The van der Waals surface area contributed by atoms with Crippen molar-refractivity contribution in [3.63, 3.8) is 0 Å². The average Bonchev–Trinajstić information content (AvgIpc) is 2.86. The molecule has 0 N–H and O–H groups in total. The molecule has 0 unspecified atom stereocenters. The van der Waals surface area contributed by atoms with Crippen LogP contribution in [0.3, 0.4) is 0 Å². The molecule has 0 saturated heterocycles. The number of Topliss-reactive ketones (excluding diaryl/α,β-unsaturated/α-hetero) is 1. The van der Waals surface area contributed by atoms with Crippen LogP contribution < -0.4 is 38.2 Å². The molecule has 5 rings (SSSR count). The maximum atomic E-state index is 13.1. The predicted molar refractivity (Wildman–Crippen MR) is 139 cm³/mol. The maximum absolute atomic E-state index is 13.1. The molecule has 0 radical (unpaired) electrons. The highest BCUT2D eigenvalue weighted by molar-refractivity contribution is 8.02. The fraction of sp³-hybridized carbons (Fsp3) is 0.0333. The van der Waals surface area contributed by atoms with Crippen molar-refractivity contribution in [3.05, 3.63) is 133 Å². The third-order valence-electron chi connectivity index (χ3n) is 6.05. The summed E-state index contributed by atoms with van der Waals surface area (Å²) >= 11 is 0. The van der Waals surface area contributed by atoms with E-state index in [-0.39, 0.29) is 22.8 Å². The van der Waals surface area contributed by atoms with Crippen molar-refractivity contribution in [3.8, 4) is 0 Å². The zero-order valence-corrected chi connectivity index (χ0v) is 20.8. The number of benzene rings is 5. The molecule has 0 aliphatic carbocycles. The van der Waals surface area contributed by atoms with Crippen LogP contribution in [0, 0.1) is 0 Å². The van der Waals surface area contributed by atoms with E-state index in [0.29, 0.717) is 0 Å². The summed E-state index contributed by atoms with van der Waals surface area (Å²) in [5, 5.41) is 7.18. The summed E-state index contributed by atoms with van der Waals surface area (Å²) in [5.41, 5.74) is 0.800. The van der Waals surface area contributed by atoms with Crippen molar-refractivity contribution in [2.75, 3.05) is 0 Å². The highest BCUT2D eigenvalue weighted by Gasteiger charge is 2.50. The van der Waals surface area contributed by atoms with Gasteiger partial charge in [0.05, 0.1) is 5.56 Å². The number of halogens is 1. The smallest absolute Gasteiger partial charge is 0.163 e. The number of carbonyl (C=O) groups is 1. The van der Waals surface area contributed by atoms with Crippen molar-refractivity contribution in [1.29, 1.82) is 0 Å². The minimum absolute atomic E-state index is 0. The number of ketones is 1. The maximum Gasteiger partial charge on any atom is 0.163 e. The number of fused-ring (bicyclic) bond motifs is 1. The average molecular weight is 511 g/mol. The van der Waals surface area contributed by atoms with Crippen molar-refractivity contribution < 1.29 is 21.8 Å². The minimum atomic E-state index is -2.36. The van der Waals surface area contributed by atoms with Gasteiger partial charge in [-0.3, -0.25) is 4.79 Å². The zero-order chi connectivity index (χ0) is 22.0. The van der Waals surface area contributed by atoms with E-state index in [2.05, 4.69) is 121 Å². The lowest BCUT2D eigenvalue weighted by Gasteiger charge is -2.30. The van der Waals surface area contributed by atoms with Crippen LogP contribution in [-0.4, -0.2) is 5.78 Å². The molecule has 1 nitrogen and oxygen atoms in total. The third-order valence-corrected chi connectivity index (χ3v) is 10.4. The van der Waals surface area contributed by atoms with Crippen LogP contribution in [0.4, 0.5) is 0 Å². The van der Waals surface area contributed by atoms with Gasteiger partial charge in [-0.25, -0.2) is 0 Å². The topological polar surface area (TPSA) is 17.1 Å². The molecule has 0 aliphatic rings. The molecular formula is C30H24BrOP. The first-order valence-corrected chi connectivity index (χ1v) is 12.6. The van der Waals surface area contributed by atoms with Gasteiger partial charge in [0.2, 0.25) is 0 Å². The second kappa shape index (κ2) is 9.83. The van der Waals surface area contributed by atoms with Crippen LogP contribution in [-0.2, 0) is 0 Å². The highest BCUT2D eigenvalue weighted by atomic mass is 79.9. The van der Waals surface area contributed by atoms with Gasteiger partial charge in [0.25, 0.3) is 0 Å². The lowest BCUT2D eigenvalue weighted by atomic mass is 10.0. The second-order valence-corrected chi connectivity index (χ2v) is 11.3. The summed E-state index contributed by atoms with van der Waals surface area (Å²) in [6, 6.07) is 44.7. The van der Waals surface area contributed by atoms with Crippen LogP contribution in [0.5, 0.6) is 0 Å². The molecule has 0 atom stereocenters. The zero-order valence-electron chi connectivity index (χ0n) is 18.4. The molecule has 0 fully saturated rings. The first kappa shape index (κ1) is 23.1. The molecule has 5 aromatic carbocycles. The Morgan fingerprint density at radius 3 is 1.42 bits per heavy atom. The van der Waals surface area contributed by atoms with Gasteiger partial charge in [-0.15, -0.1) is 0 Å². The van der Waals surface area contributed by atoms with Gasteiger partial charge >= 0.3 is 0 Å². The van der Waals surface area contributed by atoms with Crippen LogP contribution in [0.15, 0.2) is 127 Å². The summed E-state index contributed by atoms with van der Waals surface area (Å²) in [7, 11) is -2.36. The molecule has 0 saturated carbocycles. The van der Waals surface area contributed by atoms with Gasteiger partial charge in [0.1, 0.15) is 28.5 Å². The molecule has 162 valence electrons. The van der Waals surface area contributed by atoms with Crippen molar-refractivity contribution in [2.45, 2.75) is 6.92 Å². The Hall–Kier alpha value is -3.06. The highest BCUT2D eigenvalue weighted by Crippen LogP contribution is 2.56. The molecule has 0 bridgehead atoms. The van der Waals surface area contributed by atoms with Crippen molar-refractivity contribution in [1.82, 2.24) is 0 Å². The van der Waals surface area contributed by atoms with Gasteiger partial charge in [-0.05, 0) is 54.8 Å². The van der Waals surface area contributed by atoms with Crippen LogP contribution in [0.25, 0.3) is 10.8 Å². The Morgan fingerprint density at radius 1 is 0.545 bits per heavy atom. The van der Waals surface area contributed by atoms with E-state index in [4.69, 9.17) is 0 Å². The standard InChI is InChI=1S/C30H24OP.BrH/c1-23(31)28-22-21-24-13-11-12-20-29(24)30(28)32(25-14-5-2-6-15-25,26-16-7-3-8-17-26)27-18-9-4-10-19-27;/h2-22H,1H3;1H/q+1;/p-1. The van der Waals surface area contributed by atoms with E-state index in [9.17, 15) is 4.79 Å². The molecule has 5 aromatic rings. The number of rotatable bonds is 5. The van der Waals surface area contributed by atoms with E-state index in [1.807, 2.05) is 6.07 Å². The summed E-state index contributed by atoms with van der Waals surface area (Å²) < 4.78 is 0. The predicted octanol–water partition coefficient (Wildman–Crippen LogP) is 2.67. The number of carbonyl (C=O) groups excluding carboxylic acids is 1.